The van der Waals surface area contributed by atoms with Gasteiger partial charge < -0.3 is 14.6 Å². The predicted molar refractivity (Wildman–Crippen MR) is 113 cm³/mol. The van der Waals surface area contributed by atoms with Crippen molar-refractivity contribution in [1.29, 1.82) is 0 Å². The molecule has 4 rings (SSSR count). The third kappa shape index (κ3) is 4.06. The number of anilines is 2. The van der Waals surface area contributed by atoms with Crippen molar-refractivity contribution in [3.8, 4) is 5.69 Å². The molecule has 0 spiro atoms. The number of halogens is 1. The molecule has 1 amide bonds. The molecule has 2 aromatic heterocycles. The van der Waals surface area contributed by atoms with Crippen LogP contribution in [0.2, 0.25) is 5.02 Å². The third-order valence-electron chi connectivity index (χ3n) is 4.97. The number of nitrogens with zero attached hydrogens (tertiary/aromatic N) is 6. The summed E-state index contributed by atoms with van der Waals surface area (Å²) in [5, 5.41) is 3.90. The van der Waals surface area contributed by atoms with Gasteiger partial charge in [-0.2, -0.15) is 4.98 Å². The van der Waals surface area contributed by atoms with E-state index in [0.717, 1.165) is 11.4 Å². The smallest absolute Gasteiger partial charge is 0.417 e. The van der Waals surface area contributed by atoms with E-state index in [2.05, 4.69) is 25.3 Å². The van der Waals surface area contributed by atoms with E-state index in [1.807, 2.05) is 55.8 Å². The maximum atomic E-state index is 12.2. The monoisotopic (exact) mass is 427 g/mol. The Morgan fingerprint density at radius 3 is 2.67 bits per heavy atom. The van der Waals surface area contributed by atoms with Crippen LogP contribution >= 0.6 is 11.6 Å². The van der Waals surface area contributed by atoms with Gasteiger partial charge in [0.05, 0.1) is 24.1 Å². The molecule has 0 saturated carbocycles. The van der Waals surface area contributed by atoms with E-state index in [1.165, 1.54) is 11.2 Å². The lowest BCUT2D eigenvalue weighted by Gasteiger charge is -2.22. The van der Waals surface area contributed by atoms with Crippen LogP contribution in [0.25, 0.3) is 5.69 Å². The van der Waals surface area contributed by atoms with Gasteiger partial charge in [0, 0.05) is 16.9 Å². The first-order valence-corrected chi connectivity index (χ1v) is 10.0. The van der Waals surface area contributed by atoms with Gasteiger partial charge in [-0.05, 0) is 37.1 Å². The Morgan fingerprint density at radius 2 is 1.93 bits per heavy atom. The second-order valence-corrected chi connectivity index (χ2v) is 7.85. The molecule has 1 aliphatic heterocycles. The zero-order valence-electron chi connectivity index (χ0n) is 16.9. The number of carbonyl (C=O) groups excluding carboxylic acids is 1. The maximum Gasteiger partial charge on any atom is 0.417 e. The highest BCUT2D eigenvalue weighted by Gasteiger charge is 2.38. The maximum absolute atomic E-state index is 12.2. The highest BCUT2D eigenvalue weighted by molar-refractivity contribution is 6.30. The first-order chi connectivity index (χ1) is 14.4. The van der Waals surface area contributed by atoms with Crippen molar-refractivity contribution < 1.29 is 9.53 Å². The number of amides is 1. The van der Waals surface area contributed by atoms with E-state index in [9.17, 15) is 4.79 Å². The minimum Gasteiger partial charge on any atom is -0.447 e. The summed E-state index contributed by atoms with van der Waals surface area (Å²) in [6.45, 7) is 6.33. The number of hydrogen-bond acceptors (Lipinski definition) is 7. The van der Waals surface area contributed by atoms with Gasteiger partial charge in [0.15, 0.2) is 0 Å². The van der Waals surface area contributed by atoms with Crippen LogP contribution in [-0.4, -0.2) is 43.2 Å². The van der Waals surface area contributed by atoms with Gasteiger partial charge in [0.2, 0.25) is 11.9 Å². The molecule has 0 unspecified atom stereocenters. The Kier molecular flexibility index (Phi) is 5.54. The zero-order chi connectivity index (χ0) is 21.3. The third-order valence-corrected chi connectivity index (χ3v) is 5.22. The van der Waals surface area contributed by atoms with E-state index in [-0.39, 0.29) is 23.9 Å². The van der Waals surface area contributed by atoms with Crippen LogP contribution in [0.3, 0.4) is 0 Å². The first kappa shape index (κ1) is 20.1. The Morgan fingerprint density at radius 1 is 1.17 bits per heavy atom. The number of hydrogen-bond donors (Lipinski definition) is 1. The summed E-state index contributed by atoms with van der Waals surface area (Å²) in [5.41, 5.74) is 1.77. The molecule has 2 atom stereocenters. The summed E-state index contributed by atoms with van der Waals surface area (Å²) >= 11 is 5.95. The van der Waals surface area contributed by atoms with Crippen molar-refractivity contribution in [2.45, 2.75) is 32.9 Å². The van der Waals surface area contributed by atoms with Gasteiger partial charge in [-0.15, -0.1) is 0 Å². The van der Waals surface area contributed by atoms with E-state index in [0.29, 0.717) is 17.6 Å². The van der Waals surface area contributed by atoms with Crippen LogP contribution in [-0.2, 0) is 4.74 Å². The standard InChI is InChI=1S/C20H22ClN7O2/c1-12(2)17-9-30-20(29)28(17)19-23-10-22-18(26-19)25-13(3)16-8-27(11-24-16)15-6-4-14(21)5-7-15/h4-8,10-13,17H,9H2,1-3H3,(H,22,23,25,26)/t13-,17+/m0/s1. The van der Waals surface area contributed by atoms with E-state index in [4.69, 9.17) is 16.3 Å². The van der Waals surface area contributed by atoms with Crippen LogP contribution < -0.4 is 10.2 Å². The number of ether oxygens (including phenoxy) is 1. The van der Waals surface area contributed by atoms with Crippen LogP contribution in [0.1, 0.15) is 32.5 Å². The van der Waals surface area contributed by atoms with Crippen molar-refractivity contribution >= 4 is 29.6 Å². The highest BCUT2D eigenvalue weighted by atomic mass is 35.5. The van der Waals surface area contributed by atoms with Crippen molar-refractivity contribution in [2.24, 2.45) is 5.92 Å². The van der Waals surface area contributed by atoms with E-state index < -0.39 is 6.09 Å². The number of carbonyl (C=O) groups is 1. The molecule has 1 N–H and O–H groups in total. The summed E-state index contributed by atoms with van der Waals surface area (Å²) in [6.07, 6.45) is 4.60. The molecule has 1 fully saturated rings. The Hall–Kier alpha value is -3.20. The number of aromatic nitrogens is 5. The fourth-order valence-corrected chi connectivity index (χ4v) is 3.34. The molecule has 9 nitrogen and oxygen atoms in total. The molecule has 0 radical (unpaired) electrons. The quantitative estimate of drug-likeness (QED) is 0.637. The van der Waals surface area contributed by atoms with Crippen molar-refractivity contribution in [3.05, 3.63) is 53.8 Å². The van der Waals surface area contributed by atoms with Crippen LogP contribution in [0.5, 0.6) is 0 Å². The SMILES string of the molecule is CC(C)[C@H]1COC(=O)N1c1ncnc(N[C@@H](C)c2cn(-c3ccc(Cl)cc3)cn2)n1. The summed E-state index contributed by atoms with van der Waals surface area (Å²) < 4.78 is 7.09. The molecule has 1 aromatic carbocycles. The molecule has 156 valence electrons. The lowest BCUT2D eigenvalue weighted by molar-refractivity contribution is 0.177. The lowest BCUT2D eigenvalue weighted by atomic mass is 10.1. The predicted octanol–water partition coefficient (Wildman–Crippen LogP) is 3.87. The zero-order valence-corrected chi connectivity index (χ0v) is 17.6. The summed E-state index contributed by atoms with van der Waals surface area (Å²) in [7, 11) is 0. The minimum absolute atomic E-state index is 0.111. The summed E-state index contributed by atoms with van der Waals surface area (Å²) in [5.74, 6) is 0.837. The fraction of sp³-hybridized carbons (Fsp3) is 0.350. The van der Waals surface area contributed by atoms with Gasteiger partial charge in [-0.25, -0.2) is 24.6 Å². The molecular weight excluding hydrogens is 406 g/mol. The largest absolute Gasteiger partial charge is 0.447 e. The van der Waals surface area contributed by atoms with E-state index in [1.54, 1.807) is 6.33 Å². The molecule has 10 heteroatoms. The number of nitrogens with one attached hydrogen (secondary N) is 1. The molecule has 0 aliphatic carbocycles. The summed E-state index contributed by atoms with van der Waals surface area (Å²) in [6, 6.07) is 7.23. The number of cyclic esters (lactones) is 1. The minimum atomic E-state index is -0.444. The average Bonchev–Trinajstić information content (AvgIpc) is 3.36. The van der Waals surface area contributed by atoms with Gasteiger partial charge >= 0.3 is 6.09 Å². The molecule has 1 aliphatic rings. The average molecular weight is 428 g/mol. The molecule has 3 aromatic rings. The van der Waals surface area contributed by atoms with E-state index >= 15 is 0 Å². The van der Waals surface area contributed by atoms with Crippen molar-refractivity contribution in [3.63, 3.8) is 0 Å². The molecular formula is C20H22ClN7O2. The van der Waals surface area contributed by atoms with Crippen molar-refractivity contribution in [1.82, 2.24) is 24.5 Å². The first-order valence-electron chi connectivity index (χ1n) is 9.63. The van der Waals surface area contributed by atoms with Gasteiger partial charge in [0.25, 0.3) is 0 Å². The van der Waals surface area contributed by atoms with Gasteiger partial charge in [-0.1, -0.05) is 25.4 Å². The molecule has 0 bridgehead atoms. The number of imidazole rings is 1. The second kappa shape index (κ2) is 8.27. The summed E-state index contributed by atoms with van der Waals surface area (Å²) in [4.78, 5) is 30.9. The Bertz CT molecular complexity index is 1040. The molecule has 30 heavy (non-hydrogen) atoms. The second-order valence-electron chi connectivity index (χ2n) is 7.42. The number of benzene rings is 1. The van der Waals surface area contributed by atoms with Gasteiger partial charge in [0.1, 0.15) is 12.9 Å². The lowest BCUT2D eigenvalue weighted by Crippen LogP contribution is -2.38. The number of rotatable bonds is 6. The Balaban J connectivity index is 1.50. The molecule has 1 saturated heterocycles. The Labute approximate surface area is 179 Å². The van der Waals surface area contributed by atoms with Crippen LogP contribution in [0.15, 0.2) is 43.1 Å². The fourth-order valence-electron chi connectivity index (χ4n) is 3.21. The normalized spacial score (nSPS) is 17.3. The van der Waals surface area contributed by atoms with Crippen molar-refractivity contribution in [2.75, 3.05) is 16.8 Å². The van der Waals surface area contributed by atoms with Crippen LogP contribution in [0.4, 0.5) is 16.7 Å². The topological polar surface area (TPSA) is 98.1 Å². The highest BCUT2D eigenvalue weighted by Crippen LogP contribution is 2.25. The van der Waals surface area contributed by atoms with Gasteiger partial charge in [-0.3, -0.25) is 0 Å². The molecule has 3 heterocycles. The van der Waals surface area contributed by atoms with Crippen LogP contribution in [0, 0.1) is 5.92 Å².